The molecule has 0 bridgehead atoms. The van der Waals surface area contributed by atoms with Gasteiger partial charge in [-0.25, -0.2) is 0 Å². The molecule has 0 spiro atoms. The number of methoxy groups -OCH3 is 2. The number of nitro groups is 1. The van der Waals surface area contributed by atoms with Crippen LogP contribution in [0.3, 0.4) is 0 Å². The predicted octanol–water partition coefficient (Wildman–Crippen LogP) is 2.99. The van der Waals surface area contributed by atoms with Crippen molar-refractivity contribution in [2.45, 2.75) is 26.4 Å². The van der Waals surface area contributed by atoms with Gasteiger partial charge in [-0.15, -0.1) is 0 Å². The van der Waals surface area contributed by atoms with E-state index in [-0.39, 0.29) is 27.7 Å². The zero-order chi connectivity index (χ0) is 21.9. The summed E-state index contributed by atoms with van der Waals surface area (Å²) in [7, 11) is 2.63. The number of nitrogens with zero attached hydrogens (tertiary/aromatic N) is 2. The summed E-state index contributed by atoms with van der Waals surface area (Å²) in [6, 6.07) is 2.49. The number of hydrogen-bond donors (Lipinski definition) is 0. The van der Waals surface area contributed by atoms with Gasteiger partial charge in [0, 0.05) is 17.7 Å². The Kier molecular flexibility index (Phi) is 6.52. The topological polar surface area (TPSA) is 125 Å². The molecular formula is C18H20N2O8S. The maximum atomic E-state index is 12.6. The van der Waals surface area contributed by atoms with Crippen molar-refractivity contribution < 1.29 is 33.5 Å². The molecule has 11 heteroatoms. The van der Waals surface area contributed by atoms with Crippen molar-refractivity contribution in [3.05, 3.63) is 32.7 Å². The Bertz CT molecular complexity index is 904. The van der Waals surface area contributed by atoms with Gasteiger partial charge in [0.25, 0.3) is 11.1 Å². The maximum Gasteiger partial charge on any atom is 0.326 e. The van der Waals surface area contributed by atoms with Gasteiger partial charge < -0.3 is 14.2 Å². The molecule has 10 nitrogen and oxygen atoms in total. The lowest BCUT2D eigenvalue weighted by molar-refractivity contribution is -0.385. The lowest BCUT2D eigenvalue weighted by Crippen LogP contribution is -2.37. The van der Waals surface area contributed by atoms with Crippen molar-refractivity contribution in [3.8, 4) is 11.5 Å². The SMILES string of the molecule is COc1cc(OC)c([N+](=O)[O-])cc1C=C1SC(=O)N(CC(=O)OC(C)(C)C)C1=O. The molecule has 1 aromatic carbocycles. The van der Waals surface area contributed by atoms with E-state index >= 15 is 0 Å². The number of rotatable bonds is 6. The Balaban J connectivity index is 2.35. The number of carbonyl (C=O) groups is 3. The fourth-order valence-corrected chi connectivity index (χ4v) is 3.27. The standard InChI is InChI=1S/C18H20N2O8S/c1-18(2,3)28-15(21)9-19-16(22)14(29-17(19)23)7-10-6-11(20(24)25)13(27-5)8-12(10)26-4/h6-8H,9H2,1-5H3. The van der Waals surface area contributed by atoms with Crippen LogP contribution in [0.4, 0.5) is 10.5 Å². The minimum Gasteiger partial charge on any atom is -0.496 e. The number of nitro benzene ring substituents is 1. The lowest BCUT2D eigenvalue weighted by atomic mass is 10.1. The van der Waals surface area contributed by atoms with Crippen LogP contribution in [0.15, 0.2) is 17.0 Å². The van der Waals surface area contributed by atoms with Gasteiger partial charge in [0.1, 0.15) is 17.9 Å². The zero-order valence-electron chi connectivity index (χ0n) is 16.5. The summed E-state index contributed by atoms with van der Waals surface area (Å²) in [6.45, 7) is 4.48. The van der Waals surface area contributed by atoms with Crippen molar-refractivity contribution in [1.82, 2.24) is 4.90 Å². The highest BCUT2D eigenvalue weighted by Gasteiger charge is 2.37. The first kappa shape index (κ1) is 22.2. The minimum atomic E-state index is -0.760. The van der Waals surface area contributed by atoms with Gasteiger partial charge in [0.2, 0.25) is 5.75 Å². The van der Waals surface area contributed by atoms with Crippen molar-refractivity contribution in [2.24, 2.45) is 0 Å². The van der Waals surface area contributed by atoms with Crippen molar-refractivity contribution in [1.29, 1.82) is 0 Å². The Hall–Kier alpha value is -3.08. The van der Waals surface area contributed by atoms with Crippen LogP contribution in [0.2, 0.25) is 0 Å². The normalized spacial score (nSPS) is 15.6. The Morgan fingerprint density at radius 1 is 1.21 bits per heavy atom. The third-order valence-corrected chi connectivity index (χ3v) is 4.50. The molecule has 1 aromatic rings. The lowest BCUT2D eigenvalue weighted by Gasteiger charge is -2.21. The van der Waals surface area contributed by atoms with E-state index in [1.54, 1.807) is 20.8 Å². The summed E-state index contributed by atoms with van der Waals surface area (Å²) in [5.74, 6) is -1.22. The summed E-state index contributed by atoms with van der Waals surface area (Å²) in [5.41, 5.74) is -0.875. The van der Waals surface area contributed by atoms with Gasteiger partial charge in [0.05, 0.1) is 24.0 Å². The number of imide groups is 1. The smallest absolute Gasteiger partial charge is 0.326 e. The van der Waals surface area contributed by atoms with Crippen LogP contribution < -0.4 is 9.47 Å². The molecule has 0 unspecified atom stereocenters. The fourth-order valence-electron chi connectivity index (χ4n) is 2.44. The minimum absolute atomic E-state index is 0.00340. The predicted molar refractivity (Wildman–Crippen MR) is 105 cm³/mol. The van der Waals surface area contributed by atoms with Crippen LogP contribution in [0.25, 0.3) is 6.08 Å². The summed E-state index contributed by atoms with van der Waals surface area (Å²) in [4.78, 5) is 48.1. The first-order valence-electron chi connectivity index (χ1n) is 8.34. The quantitative estimate of drug-likeness (QED) is 0.293. The number of carbonyl (C=O) groups excluding carboxylic acids is 3. The Morgan fingerprint density at radius 2 is 1.83 bits per heavy atom. The van der Waals surface area contributed by atoms with Crippen molar-refractivity contribution in [2.75, 3.05) is 20.8 Å². The largest absolute Gasteiger partial charge is 0.496 e. The number of ether oxygens (including phenoxy) is 3. The van der Waals surface area contributed by atoms with Crippen LogP contribution in [-0.2, 0) is 14.3 Å². The fraction of sp³-hybridized carbons (Fsp3) is 0.389. The second-order valence-electron chi connectivity index (χ2n) is 6.88. The molecule has 1 fully saturated rings. The van der Waals surface area contributed by atoms with Gasteiger partial charge in [-0.3, -0.25) is 29.4 Å². The van der Waals surface area contributed by atoms with Crippen molar-refractivity contribution in [3.63, 3.8) is 0 Å². The molecule has 0 aromatic heterocycles. The van der Waals surface area contributed by atoms with Crippen LogP contribution in [0, 0.1) is 10.1 Å². The molecule has 1 heterocycles. The molecule has 0 N–H and O–H groups in total. The summed E-state index contributed by atoms with van der Waals surface area (Å²) in [5, 5.41) is 10.6. The third kappa shape index (κ3) is 5.25. The number of hydrogen-bond acceptors (Lipinski definition) is 9. The zero-order valence-corrected chi connectivity index (χ0v) is 17.3. The van der Waals surface area contributed by atoms with Crippen LogP contribution in [-0.4, -0.2) is 53.3 Å². The highest BCUT2D eigenvalue weighted by molar-refractivity contribution is 8.18. The van der Waals surface area contributed by atoms with Crippen LogP contribution in [0.1, 0.15) is 26.3 Å². The van der Waals surface area contributed by atoms with Gasteiger partial charge in [0.15, 0.2) is 0 Å². The first-order valence-corrected chi connectivity index (χ1v) is 9.16. The number of benzene rings is 1. The van der Waals surface area contributed by atoms with Gasteiger partial charge in [-0.1, -0.05) is 0 Å². The van der Waals surface area contributed by atoms with E-state index in [2.05, 4.69) is 0 Å². The molecule has 2 amide bonds. The Morgan fingerprint density at radius 3 is 2.34 bits per heavy atom. The molecule has 2 rings (SSSR count). The van der Waals surface area contributed by atoms with E-state index < -0.39 is 34.2 Å². The average Bonchev–Trinajstić information content (AvgIpc) is 2.87. The molecule has 1 aliphatic rings. The number of esters is 1. The molecule has 0 radical (unpaired) electrons. The molecule has 0 atom stereocenters. The van der Waals surface area contributed by atoms with E-state index in [0.29, 0.717) is 11.8 Å². The molecule has 1 saturated heterocycles. The summed E-state index contributed by atoms with van der Waals surface area (Å²) in [6.07, 6.45) is 1.30. The average molecular weight is 424 g/mol. The summed E-state index contributed by atoms with van der Waals surface area (Å²) < 4.78 is 15.3. The Labute approximate surface area is 170 Å². The molecular weight excluding hydrogens is 404 g/mol. The maximum absolute atomic E-state index is 12.6. The second kappa shape index (κ2) is 8.52. The molecule has 29 heavy (non-hydrogen) atoms. The van der Waals surface area contributed by atoms with Crippen LogP contribution >= 0.6 is 11.8 Å². The molecule has 0 aliphatic carbocycles. The van der Waals surface area contributed by atoms with E-state index in [4.69, 9.17) is 14.2 Å². The first-order chi connectivity index (χ1) is 13.5. The van der Waals surface area contributed by atoms with E-state index in [9.17, 15) is 24.5 Å². The highest BCUT2D eigenvalue weighted by atomic mass is 32.2. The van der Waals surface area contributed by atoms with Gasteiger partial charge >= 0.3 is 11.7 Å². The monoisotopic (exact) mass is 424 g/mol. The number of amides is 2. The van der Waals surface area contributed by atoms with E-state index in [1.807, 2.05) is 0 Å². The van der Waals surface area contributed by atoms with Gasteiger partial charge in [-0.2, -0.15) is 0 Å². The van der Waals surface area contributed by atoms with Gasteiger partial charge in [-0.05, 0) is 38.6 Å². The number of thioether (sulfide) groups is 1. The molecule has 0 saturated carbocycles. The molecule has 156 valence electrons. The van der Waals surface area contributed by atoms with Crippen molar-refractivity contribution >= 4 is 40.6 Å². The second-order valence-corrected chi connectivity index (χ2v) is 7.87. The third-order valence-electron chi connectivity index (χ3n) is 3.60. The van der Waals surface area contributed by atoms with Crippen LogP contribution in [0.5, 0.6) is 11.5 Å². The van der Waals surface area contributed by atoms with E-state index in [1.165, 1.54) is 32.4 Å². The highest BCUT2D eigenvalue weighted by Crippen LogP contribution is 2.38. The van der Waals surface area contributed by atoms with E-state index in [0.717, 1.165) is 4.90 Å². The molecule has 1 aliphatic heterocycles. The summed E-state index contributed by atoms with van der Waals surface area (Å²) >= 11 is 0.614.